The summed E-state index contributed by atoms with van der Waals surface area (Å²) in [5, 5.41) is 7.69. The third-order valence-corrected chi connectivity index (χ3v) is 4.08. The van der Waals surface area contributed by atoms with Crippen LogP contribution < -0.4 is 5.32 Å². The molecule has 1 N–H and O–H groups in total. The minimum absolute atomic E-state index is 0.0227. The molecule has 2 heterocycles. The monoisotopic (exact) mass is 330 g/mol. The van der Waals surface area contributed by atoms with Crippen LogP contribution in [0.3, 0.4) is 0 Å². The predicted octanol–water partition coefficient (Wildman–Crippen LogP) is 2.80. The summed E-state index contributed by atoms with van der Waals surface area (Å²) >= 11 is 5.92. The first-order chi connectivity index (χ1) is 11.1. The normalized spacial score (nSPS) is 15.3. The molecule has 0 radical (unpaired) electrons. The van der Waals surface area contributed by atoms with Crippen LogP contribution in [0.4, 0.5) is 5.69 Å². The van der Waals surface area contributed by atoms with Gasteiger partial charge in [-0.15, -0.1) is 0 Å². The first-order valence-corrected chi connectivity index (χ1v) is 7.94. The van der Waals surface area contributed by atoms with Crippen molar-refractivity contribution >= 4 is 28.8 Å². The summed E-state index contributed by atoms with van der Waals surface area (Å²) in [6, 6.07) is 7.19. The molecule has 23 heavy (non-hydrogen) atoms. The van der Waals surface area contributed by atoms with Gasteiger partial charge in [-0.2, -0.15) is 5.10 Å². The number of carbonyl (C=O) groups is 1. The second-order valence-electron chi connectivity index (χ2n) is 5.68. The van der Waals surface area contributed by atoms with Gasteiger partial charge in [0, 0.05) is 42.6 Å². The fourth-order valence-electron chi connectivity index (χ4n) is 2.67. The molecule has 0 saturated heterocycles. The lowest BCUT2D eigenvalue weighted by molar-refractivity contribution is -0.117. The Morgan fingerprint density at radius 1 is 1.43 bits per heavy atom. The van der Waals surface area contributed by atoms with Crippen molar-refractivity contribution in [1.29, 1.82) is 0 Å². The van der Waals surface area contributed by atoms with Crippen LogP contribution in [0.1, 0.15) is 12.0 Å². The molecule has 1 aliphatic heterocycles. The molecule has 0 atom stereocenters. The molecule has 0 aliphatic carbocycles. The summed E-state index contributed by atoms with van der Waals surface area (Å²) in [6.45, 7) is 2.01. The van der Waals surface area contributed by atoms with E-state index in [-0.39, 0.29) is 5.91 Å². The molecule has 2 aromatic rings. The molecule has 5 nitrogen and oxygen atoms in total. The highest BCUT2D eigenvalue weighted by Gasteiger charge is 2.16. The number of halogens is 1. The minimum Gasteiger partial charge on any atom is -0.325 e. The van der Waals surface area contributed by atoms with Crippen LogP contribution in [0.5, 0.6) is 0 Å². The van der Waals surface area contributed by atoms with E-state index >= 15 is 0 Å². The van der Waals surface area contributed by atoms with Gasteiger partial charge in [-0.25, -0.2) is 0 Å². The predicted molar refractivity (Wildman–Crippen MR) is 92.3 cm³/mol. The summed E-state index contributed by atoms with van der Waals surface area (Å²) in [6.07, 6.45) is 7.00. The molecule has 0 fully saturated rings. The standard InChI is InChI=1S/C17H19ClN4O/c1-21-11-14(10-19-21)13-5-7-22(8-6-13)12-17(23)20-16-4-2-3-15(18)9-16/h2-5,9-11H,6-8,12H2,1H3,(H,20,23). The molecule has 0 unspecified atom stereocenters. The Bertz CT molecular complexity index is 738. The number of amides is 1. The van der Waals surface area contributed by atoms with E-state index in [9.17, 15) is 4.79 Å². The van der Waals surface area contributed by atoms with Crippen molar-refractivity contribution in [2.24, 2.45) is 7.05 Å². The lowest BCUT2D eigenvalue weighted by Gasteiger charge is -2.25. The number of aromatic nitrogens is 2. The molecule has 0 saturated carbocycles. The van der Waals surface area contributed by atoms with Crippen LogP contribution in [0, 0.1) is 0 Å². The van der Waals surface area contributed by atoms with Gasteiger partial charge in [0.2, 0.25) is 5.91 Å². The number of hydrogen-bond acceptors (Lipinski definition) is 3. The molecule has 6 heteroatoms. The van der Waals surface area contributed by atoms with Gasteiger partial charge in [-0.3, -0.25) is 14.4 Å². The van der Waals surface area contributed by atoms with E-state index in [1.165, 1.54) is 5.57 Å². The molecular weight excluding hydrogens is 312 g/mol. The van der Waals surface area contributed by atoms with Gasteiger partial charge in [0.15, 0.2) is 0 Å². The van der Waals surface area contributed by atoms with Gasteiger partial charge in [0.25, 0.3) is 0 Å². The van der Waals surface area contributed by atoms with Gasteiger partial charge in [0.1, 0.15) is 0 Å². The van der Waals surface area contributed by atoms with E-state index < -0.39 is 0 Å². The summed E-state index contributed by atoms with van der Waals surface area (Å²) in [5.41, 5.74) is 3.19. The molecule has 1 aromatic heterocycles. The van der Waals surface area contributed by atoms with Crippen LogP contribution in [0.2, 0.25) is 5.02 Å². The van der Waals surface area contributed by atoms with Crippen LogP contribution in [0.15, 0.2) is 42.7 Å². The third kappa shape index (κ3) is 4.21. The average Bonchev–Trinajstić information content (AvgIpc) is 2.94. The number of benzene rings is 1. The number of anilines is 1. The number of hydrogen-bond donors (Lipinski definition) is 1. The largest absolute Gasteiger partial charge is 0.325 e. The smallest absolute Gasteiger partial charge is 0.238 e. The van der Waals surface area contributed by atoms with Crippen LogP contribution in [-0.4, -0.2) is 40.2 Å². The fraction of sp³-hybridized carbons (Fsp3) is 0.294. The molecule has 1 amide bonds. The second-order valence-corrected chi connectivity index (χ2v) is 6.11. The SMILES string of the molecule is Cn1cc(C2=CCN(CC(=O)Nc3cccc(Cl)c3)CC2)cn1. The minimum atomic E-state index is -0.0227. The van der Waals surface area contributed by atoms with Crippen LogP contribution in [0.25, 0.3) is 5.57 Å². The summed E-state index contributed by atoms with van der Waals surface area (Å²) in [4.78, 5) is 14.2. The molecule has 1 aromatic carbocycles. The molecule has 1 aliphatic rings. The van der Waals surface area contributed by atoms with E-state index in [1.807, 2.05) is 31.6 Å². The lowest BCUT2D eigenvalue weighted by atomic mass is 10.0. The quantitative estimate of drug-likeness (QED) is 0.937. The van der Waals surface area contributed by atoms with Crippen molar-refractivity contribution in [2.75, 3.05) is 25.0 Å². The summed E-state index contributed by atoms with van der Waals surface area (Å²) in [5.74, 6) is -0.0227. The van der Waals surface area contributed by atoms with E-state index in [0.717, 1.165) is 30.8 Å². The Morgan fingerprint density at radius 3 is 2.96 bits per heavy atom. The van der Waals surface area contributed by atoms with Crippen LogP contribution in [-0.2, 0) is 11.8 Å². The van der Waals surface area contributed by atoms with Crippen LogP contribution >= 0.6 is 11.6 Å². The first-order valence-electron chi connectivity index (χ1n) is 7.56. The van der Waals surface area contributed by atoms with Crippen molar-refractivity contribution in [3.8, 4) is 0 Å². The number of aryl methyl sites for hydroxylation is 1. The highest BCUT2D eigenvalue weighted by molar-refractivity contribution is 6.30. The zero-order valence-electron chi connectivity index (χ0n) is 13.0. The van der Waals surface area contributed by atoms with E-state index in [4.69, 9.17) is 11.6 Å². The number of nitrogens with one attached hydrogen (secondary N) is 1. The zero-order valence-corrected chi connectivity index (χ0v) is 13.8. The van der Waals surface area contributed by atoms with Gasteiger partial charge in [-0.1, -0.05) is 23.7 Å². The van der Waals surface area contributed by atoms with Crippen molar-refractivity contribution in [3.05, 3.63) is 53.3 Å². The molecule has 0 spiro atoms. The molecule has 3 rings (SSSR count). The Balaban J connectivity index is 1.54. The van der Waals surface area contributed by atoms with Gasteiger partial charge >= 0.3 is 0 Å². The van der Waals surface area contributed by atoms with Gasteiger partial charge in [-0.05, 0) is 30.2 Å². The Kier molecular flexibility index (Phi) is 4.79. The topological polar surface area (TPSA) is 50.2 Å². The maximum absolute atomic E-state index is 12.1. The van der Waals surface area contributed by atoms with E-state index in [0.29, 0.717) is 11.6 Å². The maximum atomic E-state index is 12.1. The van der Waals surface area contributed by atoms with E-state index in [2.05, 4.69) is 21.4 Å². The Labute approximate surface area is 140 Å². The Morgan fingerprint density at radius 2 is 2.30 bits per heavy atom. The number of rotatable bonds is 4. The van der Waals surface area contributed by atoms with Crippen molar-refractivity contribution in [1.82, 2.24) is 14.7 Å². The van der Waals surface area contributed by atoms with Crippen molar-refractivity contribution in [3.63, 3.8) is 0 Å². The zero-order chi connectivity index (χ0) is 16.2. The second kappa shape index (κ2) is 6.98. The van der Waals surface area contributed by atoms with Gasteiger partial charge in [0.05, 0.1) is 12.7 Å². The number of carbonyl (C=O) groups excluding carboxylic acids is 1. The summed E-state index contributed by atoms with van der Waals surface area (Å²) in [7, 11) is 1.92. The highest BCUT2D eigenvalue weighted by atomic mass is 35.5. The highest BCUT2D eigenvalue weighted by Crippen LogP contribution is 2.21. The molecule has 120 valence electrons. The fourth-order valence-corrected chi connectivity index (χ4v) is 2.86. The average molecular weight is 331 g/mol. The van der Waals surface area contributed by atoms with Crippen molar-refractivity contribution < 1.29 is 4.79 Å². The molecule has 0 bridgehead atoms. The first kappa shape index (κ1) is 15.8. The number of nitrogens with zero attached hydrogens (tertiary/aromatic N) is 3. The molecular formula is C17H19ClN4O. The Hall–Kier alpha value is -2.11. The third-order valence-electron chi connectivity index (χ3n) is 3.84. The van der Waals surface area contributed by atoms with Crippen molar-refractivity contribution in [2.45, 2.75) is 6.42 Å². The summed E-state index contributed by atoms with van der Waals surface area (Å²) < 4.78 is 1.81. The van der Waals surface area contributed by atoms with Gasteiger partial charge < -0.3 is 5.32 Å². The maximum Gasteiger partial charge on any atom is 0.238 e. The van der Waals surface area contributed by atoms with E-state index in [1.54, 1.807) is 16.8 Å². The lowest BCUT2D eigenvalue weighted by Crippen LogP contribution is -2.36.